The summed E-state index contributed by atoms with van der Waals surface area (Å²) in [6, 6.07) is 0. The highest BCUT2D eigenvalue weighted by molar-refractivity contribution is 5.77. The summed E-state index contributed by atoms with van der Waals surface area (Å²) in [6.07, 6.45) is 3.92. The van der Waals surface area contributed by atoms with Crippen molar-refractivity contribution in [3.63, 3.8) is 0 Å². The second-order valence-electron chi connectivity index (χ2n) is 2.97. The van der Waals surface area contributed by atoms with Crippen LogP contribution in [0.4, 0.5) is 0 Å². The smallest absolute Gasteiger partial charge is 0.0906 e. The standard InChI is InChI=1S/C8H16N2O/c1-7(9)10-6-8-4-2-3-5-11-8/h8H,2-6H2,1H3,(H2,9,10). The molecule has 0 amide bonds. The number of hydrogen-bond acceptors (Lipinski definition) is 2. The molecule has 1 heterocycles. The van der Waals surface area contributed by atoms with E-state index in [1.807, 2.05) is 6.92 Å². The topological polar surface area (TPSA) is 47.6 Å². The SMILES string of the molecule is CC(N)=NCC1CCCCO1. The molecule has 1 rings (SSSR count). The van der Waals surface area contributed by atoms with Crippen LogP contribution < -0.4 is 5.73 Å². The molecule has 3 nitrogen and oxygen atoms in total. The van der Waals surface area contributed by atoms with Crippen molar-refractivity contribution in [2.75, 3.05) is 13.2 Å². The molecule has 0 saturated carbocycles. The number of aliphatic imine (C=N–C) groups is 1. The first kappa shape index (κ1) is 8.53. The van der Waals surface area contributed by atoms with Gasteiger partial charge in [-0.1, -0.05) is 0 Å². The minimum Gasteiger partial charge on any atom is -0.388 e. The average molecular weight is 156 g/mol. The first-order chi connectivity index (χ1) is 5.29. The molecule has 11 heavy (non-hydrogen) atoms. The van der Waals surface area contributed by atoms with E-state index < -0.39 is 0 Å². The summed E-state index contributed by atoms with van der Waals surface area (Å²) in [7, 11) is 0. The van der Waals surface area contributed by atoms with Crippen LogP contribution in [0.3, 0.4) is 0 Å². The summed E-state index contributed by atoms with van der Waals surface area (Å²) in [4.78, 5) is 4.12. The van der Waals surface area contributed by atoms with Crippen LogP contribution in [0.15, 0.2) is 4.99 Å². The maximum Gasteiger partial charge on any atom is 0.0906 e. The molecule has 2 N–H and O–H groups in total. The summed E-state index contributed by atoms with van der Waals surface area (Å²) in [5.74, 6) is 0.652. The van der Waals surface area contributed by atoms with E-state index in [9.17, 15) is 0 Å². The number of ether oxygens (including phenoxy) is 1. The van der Waals surface area contributed by atoms with Crippen molar-refractivity contribution < 1.29 is 4.74 Å². The lowest BCUT2D eigenvalue weighted by Crippen LogP contribution is -2.23. The van der Waals surface area contributed by atoms with Crippen LogP contribution in [0, 0.1) is 0 Å². The van der Waals surface area contributed by atoms with Gasteiger partial charge in [-0.3, -0.25) is 4.99 Å². The molecule has 0 aromatic carbocycles. The Morgan fingerprint density at radius 1 is 1.64 bits per heavy atom. The molecule has 1 saturated heterocycles. The summed E-state index contributed by atoms with van der Waals surface area (Å²) < 4.78 is 5.47. The van der Waals surface area contributed by atoms with Gasteiger partial charge in [0, 0.05) is 6.61 Å². The molecule has 1 unspecified atom stereocenters. The summed E-state index contributed by atoms with van der Waals surface area (Å²) in [5.41, 5.74) is 5.40. The van der Waals surface area contributed by atoms with E-state index in [0.717, 1.165) is 19.6 Å². The highest BCUT2D eigenvalue weighted by Gasteiger charge is 2.12. The van der Waals surface area contributed by atoms with Crippen LogP contribution in [0.5, 0.6) is 0 Å². The zero-order valence-electron chi connectivity index (χ0n) is 7.05. The van der Waals surface area contributed by atoms with Gasteiger partial charge < -0.3 is 10.5 Å². The van der Waals surface area contributed by atoms with Crippen molar-refractivity contribution in [1.82, 2.24) is 0 Å². The summed E-state index contributed by atoms with van der Waals surface area (Å²) in [6.45, 7) is 3.44. The fourth-order valence-corrected chi connectivity index (χ4v) is 1.20. The van der Waals surface area contributed by atoms with Gasteiger partial charge in [-0.05, 0) is 26.2 Å². The minimum absolute atomic E-state index is 0.322. The molecule has 0 spiro atoms. The maximum absolute atomic E-state index is 5.47. The molecule has 3 heteroatoms. The molecule has 0 aromatic heterocycles. The van der Waals surface area contributed by atoms with E-state index in [1.54, 1.807) is 0 Å². The molecule has 0 bridgehead atoms. The third-order valence-corrected chi connectivity index (χ3v) is 1.82. The largest absolute Gasteiger partial charge is 0.388 e. The third-order valence-electron chi connectivity index (χ3n) is 1.82. The molecule has 1 aliphatic rings. The Hall–Kier alpha value is -0.570. The summed E-state index contributed by atoms with van der Waals surface area (Å²) in [5, 5.41) is 0. The van der Waals surface area contributed by atoms with Crippen molar-refractivity contribution in [2.24, 2.45) is 10.7 Å². The molecular formula is C8H16N2O. The Morgan fingerprint density at radius 3 is 3.00 bits per heavy atom. The van der Waals surface area contributed by atoms with Crippen LogP contribution in [-0.2, 0) is 4.74 Å². The quantitative estimate of drug-likeness (QED) is 0.477. The van der Waals surface area contributed by atoms with Gasteiger partial charge in [-0.15, -0.1) is 0 Å². The molecule has 64 valence electrons. The lowest BCUT2D eigenvalue weighted by atomic mass is 10.1. The highest BCUT2D eigenvalue weighted by atomic mass is 16.5. The number of rotatable bonds is 2. The van der Waals surface area contributed by atoms with E-state index in [0.29, 0.717) is 11.9 Å². The zero-order valence-corrected chi connectivity index (χ0v) is 7.05. The van der Waals surface area contributed by atoms with Gasteiger partial charge in [0.1, 0.15) is 0 Å². The van der Waals surface area contributed by atoms with Crippen molar-refractivity contribution in [3.8, 4) is 0 Å². The Bertz CT molecular complexity index is 135. The Morgan fingerprint density at radius 2 is 2.45 bits per heavy atom. The number of hydrogen-bond donors (Lipinski definition) is 1. The van der Waals surface area contributed by atoms with Gasteiger partial charge in [0.2, 0.25) is 0 Å². The fourth-order valence-electron chi connectivity index (χ4n) is 1.20. The third kappa shape index (κ3) is 3.37. The van der Waals surface area contributed by atoms with Crippen molar-refractivity contribution in [3.05, 3.63) is 0 Å². The van der Waals surface area contributed by atoms with E-state index in [2.05, 4.69) is 4.99 Å². The first-order valence-electron chi connectivity index (χ1n) is 4.17. The van der Waals surface area contributed by atoms with Crippen molar-refractivity contribution in [2.45, 2.75) is 32.3 Å². The summed E-state index contributed by atoms with van der Waals surface area (Å²) >= 11 is 0. The van der Waals surface area contributed by atoms with Crippen LogP contribution in [0.2, 0.25) is 0 Å². The fraction of sp³-hybridized carbons (Fsp3) is 0.875. The molecule has 1 fully saturated rings. The minimum atomic E-state index is 0.322. The Kier molecular flexibility index (Phi) is 3.36. The molecule has 1 aliphatic heterocycles. The predicted octanol–water partition coefficient (Wildman–Crippen LogP) is 0.933. The average Bonchev–Trinajstić information content (AvgIpc) is 2.03. The van der Waals surface area contributed by atoms with Gasteiger partial charge in [-0.25, -0.2) is 0 Å². The van der Waals surface area contributed by atoms with Gasteiger partial charge in [0.15, 0.2) is 0 Å². The molecule has 0 aliphatic carbocycles. The van der Waals surface area contributed by atoms with Crippen molar-refractivity contribution >= 4 is 5.84 Å². The number of nitrogens with zero attached hydrogens (tertiary/aromatic N) is 1. The van der Waals surface area contributed by atoms with Gasteiger partial charge in [0.25, 0.3) is 0 Å². The molecule has 1 atom stereocenters. The van der Waals surface area contributed by atoms with Gasteiger partial charge >= 0.3 is 0 Å². The van der Waals surface area contributed by atoms with Crippen LogP contribution in [0.1, 0.15) is 26.2 Å². The van der Waals surface area contributed by atoms with Gasteiger partial charge in [0.05, 0.1) is 18.5 Å². The van der Waals surface area contributed by atoms with Crippen molar-refractivity contribution in [1.29, 1.82) is 0 Å². The van der Waals surface area contributed by atoms with E-state index in [1.165, 1.54) is 12.8 Å². The second kappa shape index (κ2) is 4.34. The maximum atomic E-state index is 5.47. The van der Waals surface area contributed by atoms with Crippen LogP contribution in [-0.4, -0.2) is 25.1 Å². The Labute approximate surface area is 67.6 Å². The second-order valence-corrected chi connectivity index (χ2v) is 2.97. The van der Waals surface area contributed by atoms with E-state index >= 15 is 0 Å². The van der Waals surface area contributed by atoms with Crippen LogP contribution in [0.25, 0.3) is 0 Å². The lowest BCUT2D eigenvalue weighted by Gasteiger charge is -2.20. The lowest BCUT2D eigenvalue weighted by molar-refractivity contribution is 0.0225. The van der Waals surface area contributed by atoms with Gasteiger partial charge in [-0.2, -0.15) is 0 Å². The number of nitrogens with two attached hydrogens (primary N) is 1. The molecule has 0 aromatic rings. The van der Waals surface area contributed by atoms with Crippen LogP contribution >= 0.6 is 0 Å². The van der Waals surface area contributed by atoms with E-state index in [4.69, 9.17) is 10.5 Å². The first-order valence-corrected chi connectivity index (χ1v) is 4.17. The zero-order chi connectivity index (χ0) is 8.10. The molecular weight excluding hydrogens is 140 g/mol. The molecule has 0 radical (unpaired) electrons. The Balaban J connectivity index is 2.19. The van der Waals surface area contributed by atoms with E-state index in [-0.39, 0.29) is 0 Å². The number of amidine groups is 1. The predicted molar refractivity (Wildman–Crippen MR) is 45.8 cm³/mol. The monoisotopic (exact) mass is 156 g/mol. The normalized spacial score (nSPS) is 27.0. The highest BCUT2D eigenvalue weighted by Crippen LogP contribution is 2.12.